The van der Waals surface area contributed by atoms with Gasteiger partial charge in [0, 0.05) is 35.5 Å². The van der Waals surface area contributed by atoms with E-state index in [0.717, 1.165) is 48.0 Å². The first-order chi connectivity index (χ1) is 11.7. The topological polar surface area (TPSA) is 57.3 Å². The van der Waals surface area contributed by atoms with Gasteiger partial charge in [-0.15, -0.1) is 11.3 Å². The Morgan fingerprint density at radius 1 is 1.21 bits per heavy atom. The maximum absolute atomic E-state index is 12.4. The zero-order valence-corrected chi connectivity index (χ0v) is 14.9. The van der Waals surface area contributed by atoms with Crippen LogP contribution in [0.25, 0.3) is 0 Å². The number of benzene rings is 1. The minimum atomic E-state index is 0.00426. The Bertz CT molecular complexity index is 677. The molecule has 2 amide bonds. The van der Waals surface area contributed by atoms with Gasteiger partial charge in [-0.1, -0.05) is 18.9 Å². The summed E-state index contributed by atoms with van der Waals surface area (Å²) in [6.07, 6.45) is 4.64. The van der Waals surface area contributed by atoms with E-state index in [9.17, 15) is 4.79 Å². The summed E-state index contributed by atoms with van der Waals surface area (Å²) in [4.78, 5) is 18.8. The largest absolute Gasteiger partial charge is 0.378 e. The molecule has 0 radical (unpaired) electrons. The highest BCUT2D eigenvalue weighted by atomic mass is 32.1. The molecular formula is C18H24N4OS. The normalized spacial score (nSPS) is 15.0. The molecule has 128 valence electrons. The van der Waals surface area contributed by atoms with Crippen LogP contribution in [-0.4, -0.2) is 29.0 Å². The minimum Gasteiger partial charge on any atom is -0.378 e. The van der Waals surface area contributed by atoms with Crippen LogP contribution in [0.4, 0.5) is 16.2 Å². The lowest BCUT2D eigenvalue weighted by Gasteiger charge is -2.21. The van der Waals surface area contributed by atoms with Gasteiger partial charge in [0.25, 0.3) is 0 Å². The Kier molecular flexibility index (Phi) is 5.69. The molecule has 5 nitrogen and oxygen atoms in total. The standard InChI is InChI=1S/C18H24N4OS/c1-14-13-24-17(20-14)12-19-15-7-6-8-16(11-15)21-18(23)22-9-4-2-3-5-10-22/h6-8,11,13,19H,2-5,9-10,12H2,1H3,(H,21,23). The lowest BCUT2D eigenvalue weighted by Crippen LogP contribution is -2.35. The van der Waals surface area contributed by atoms with Gasteiger partial charge in [-0.25, -0.2) is 9.78 Å². The number of aryl methyl sites for hydroxylation is 1. The quantitative estimate of drug-likeness (QED) is 0.860. The fraction of sp³-hybridized carbons (Fsp3) is 0.444. The molecule has 1 aromatic carbocycles. The van der Waals surface area contributed by atoms with Crippen LogP contribution in [0.2, 0.25) is 0 Å². The number of nitrogens with one attached hydrogen (secondary N) is 2. The maximum Gasteiger partial charge on any atom is 0.321 e. The molecule has 0 aliphatic carbocycles. The fourth-order valence-corrected chi connectivity index (χ4v) is 3.56. The van der Waals surface area contributed by atoms with Crippen LogP contribution in [0.3, 0.4) is 0 Å². The first-order valence-corrected chi connectivity index (χ1v) is 9.39. The van der Waals surface area contributed by atoms with Crippen LogP contribution in [0.15, 0.2) is 29.6 Å². The molecule has 0 spiro atoms. The first kappa shape index (κ1) is 16.8. The van der Waals surface area contributed by atoms with Crippen LogP contribution in [0, 0.1) is 6.92 Å². The van der Waals surface area contributed by atoms with Gasteiger partial charge >= 0.3 is 6.03 Å². The summed E-state index contributed by atoms with van der Waals surface area (Å²) >= 11 is 1.65. The van der Waals surface area contributed by atoms with E-state index in [1.807, 2.05) is 36.1 Å². The Morgan fingerprint density at radius 3 is 2.67 bits per heavy atom. The van der Waals surface area contributed by atoms with Gasteiger partial charge in [-0.05, 0) is 38.0 Å². The number of anilines is 2. The van der Waals surface area contributed by atoms with Crippen LogP contribution in [-0.2, 0) is 6.54 Å². The van der Waals surface area contributed by atoms with Crippen molar-refractivity contribution in [3.05, 3.63) is 40.3 Å². The molecule has 0 saturated carbocycles. The predicted octanol–water partition coefficient (Wildman–Crippen LogP) is 4.47. The number of thiazole rings is 1. The Morgan fingerprint density at radius 2 is 1.96 bits per heavy atom. The van der Waals surface area contributed by atoms with E-state index in [1.165, 1.54) is 12.8 Å². The lowest BCUT2D eigenvalue weighted by atomic mass is 10.2. The molecule has 2 N–H and O–H groups in total. The van der Waals surface area contributed by atoms with Crippen LogP contribution in [0.1, 0.15) is 36.4 Å². The van der Waals surface area contributed by atoms with E-state index in [4.69, 9.17) is 0 Å². The van der Waals surface area contributed by atoms with Crippen LogP contribution < -0.4 is 10.6 Å². The average molecular weight is 344 g/mol. The molecule has 24 heavy (non-hydrogen) atoms. The van der Waals surface area contributed by atoms with Crippen molar-refractivity contribution in [2.24, 2.45) is 0 Å². The third-order valence-electron chi connectivity index (χ3n) is 4.12. The number of urea groups is 1. The second-order valence-electron chi connectivity index (χ2n) is 6.15. The van der Waals surface area contributed by atoms with Gasteiger partial charge in [-0.2, -0.15) is 0 Å². The van der Waals surface area contributed by atoms with Gasteiger partial charge in [0.05, 0.1) is 6.54 Å². The molecule has 0 unspecified atom stereocenters. The average Bonchev–Trinajstić information content (AvgIpc) is 2.83. The van der Waals surface area contributed by atoms with E-state index >= 15 is 0 Å². The molecule has 0 atom stereocenters. The van der Waals surface area contributed by atoms with E-state index in [2.05, 4.69) is 21.0 Å². The predicted molar refractivity (Wildman–Crippen MR) is 99.7 cm³/mol. The summed E-state index contributed by atoms with van der Waals surface area (Å²) in [7, 11) is 0. The number of carbonyl (C=O) groups excluding carboxylic acids is 1. The smallest absolute Gasteiger partial charge is 0.321 e. The van der Waals surface area contributed by atoms with E-state index in [-0.39, 0.29) is 6.03 Å². The van der Waals surface area contributed by atoms with Crippen molar-refractivity contribution in [1.29, 1.82) is 0 Å². The van der Waals surface area contributed by atoms with Crippen molar-refractivity contribution >= 4 is 28.7 Å². The highest BCUT2D eigenvalue weighted by Crippen LogP contribution is 2.18. The third kappa shape index (κ3) is 4.71. The lowest BCUT2D eigenvalue weighted by molar-refractivity contribution is 0.214. The number of hydrogen-bond acceptors (Lipinski definition) is 4. The molecule has 1 saturated heterocycles. The molecule has 6 heteroatoms. The SMILES string of the molecule is Cc1csc(CNc2cccc(NC(=O)N3CCCCCC3)c2)n1. The highest BCUT2D eigenvalue weighted by molar-refractivity contribution is 7.09. The zero-order valence-electron chi connectivity index (χ0n) is 14.0. The van der Waals surface area contributed by atoms with Crippen molar-refractivity contribution in [2.75, 3.05) is 23.7 Å². The molecular weight excluding hydrogens is 320 g/mol. The van der Waals surface area contributed by atoms with Gasteiger partial charge < -0.3 is 15.5 Å². The summed E-state index contributed by atoms with van der Waals surface area (Å²) < 4.78 is 0. The Hall–Kier alpha value is -2.08. The molecule has 1 aliphatic rings. The Labute approximate surface area is 147 Å². The van der Waals surface area contributed by atoms with Crippen LogP contribution in [0.5, 0.6) is 0 Å². The minimum absolute atomic E-state index is 0.00426. The van der Waals surface area contributed by atoms with E-state index in [1.54, 1.807) is 11.3 Å². The van der Waals surface area contributed by atoms with E-state index in [0.29, 0.717) is 6.54 Å². The molecule has 1 aromatic heterocycles. The number of rotatable bonds is 4. The van der Waals surface area contributed by atoms with Crippen molar-refractivity contribution in [3.8, 4) is 0 Å². The number of amides is 2. The molecule has 1 aliphatic heterocycles. The van der Waals surface area contributed by atoms with Crippen molar-refractivity contribution in [3.63, 3.8) is 0 Å². The van der Waals surface area contributed by atoms with Gasteiger partial charge in [0.2, 0.25) is 0 Å². The van der Waals surface area contributed by atoms with Crippen molar-refractivity contribution < 1.29 is 4.79 Å². The number of nitrogens with zero attached hydrogens (tertiary/aromatic N) is 2. The number of carbonyl (C=O) groups is 1. The molecule has 0 bridgehead atoms. The van der Waals surface area contributed by atoms with E-state index < -0.39 is 0 Å². The number of aromatic nitrogens is 1. The second kappa shape index (κ2) is 8.15. The Balaban J connectivity index is 1.57. The molecule has 2 aromatic rings. The summed E-state index contributed by atoms with van der Waals surface area (Å²) in [6, 6.07) is 7.85. The molecule has 3 rings (SSSR count). The fourth-order valence-electron chi connectivity index (χ4n) is 2.84. The monoisotopic (exact) mass is 344 g/mol. The highest BCUT2D eigenvalue weighted by Gasteiger charge is 2.15. The molecule has 2 heterocycles. The molecule has 1 fully saturated rings. The second-order valence-corrected chi connectivity index (χ2v) is 7.09. The summed E-state index contributed by atoms with van der Waals surface area (Å²) in [5, 5.41) is 9.49. The summed E-state index contributed by atoms with van der Waals surface area (Å²) in [5.74, 6) is 0. The van der Waals surface area contributed by atoms with Gasteiger partial charge in [0.15, 0.2) is 0 Å². The zero-order chi connectivity index (χ0) is 16.8. The first-order valence-electron chi connectivity index (χ1n) is 8.51. The maximum atomic E-state index is 12.4. The van der Waals surface area contributed by atoms with Crippen molar-refractivity contribution in [2.45, 2.75) is 39.2 Å². The van der Waals surface area contributed by atoms with Gasteiger partial charge in [0.1, 0.15) is 5.01 Å². The van der Waals surface area contributed by atoms with Crippen LogP contribution >= 0.6 is 11.3 Å². The third-order valence-corrected chi connectivity index (χ3v) is 5.08. The summed E-state index contributed by atoms with van der Waals surface area (Å²) in [5.41, 5.74) is 2.86. The van der Waals surface area contributed by atoms with Crippen molar-refractivity contribution in [1.82, 2.24) is 9.88 Å². The van der Waals surface area contributed by atoms with Gasteiger partial charge in [-0.3, -0.25) is 0 Å². The number of hydrogen-bond donors (Lipinski definition) is 2. The summed E-state index contributed by atoms with van der Waals surface area (Å²) in [6.45, 7) is 4.40. The number of likely N-dealkylation sites (tertiary alicyclic amines) is 1.